The summed E-state index contributed by atoms with van der Waals surface area (Å²) in [6, 6.07) is 9.81. The Kier molecular flexibility index (Phi) is 5.86. The van der Waals surface area contributed by atoms with Gasteiger partial charge in [-0.05, 0) is 38.4 Å². The molecule has 0 heterocycles. The molecule has 1 aromatic rings. The molecule has 0 amide bonds. The van der Waals surface area contributed by atoms with Gasteiger partial charge in [-0.25, -0.2) is 0 Å². The Hall–Kier alpha value is -0.380. The van der Waals surface area contributed by atoms with Gasteiger partial charge in [0.15, 0.2) is 0 Å². The third-order valence-electron chi connectivity index (χ3n) is 4.19. The van der Waals surface area contributed by atoms with Crippen LogP contribution in [0, 0.1) is 0 Å². The van der Waals surface area contributed by atoms with Crippen molar-refractivity contribution in [2.75, 3.05) is 13.6 Å². The lowest BCUT2D eigenvalue weighted by Crippen LogP contribution is -2.40. The lowest BCUT2D eigenvalue weighted by molar-refractivity contribution is 0.236. The number of rotatable bonds is 6. The molecule has 0 saturated heterocycles. The maximum absolute atomic E-state index is 3.71. The summed E-state index contributed by atoms with van der Waals surface area (Å²) in [4.78, 5) is 2.42. The van der Waals surface area contributed by atoms with Crippen LogP contribution in [0.3, 0.4) is 0 Å². The van der Waals surface area contributed by atoms with Gasteiger partial charge in [-0.15, -0.1) is 0 Å². The lowest BCUT2D eigenvalue weighted by Gasteiger charge is -2.27. The van der Waals surface area contributed by atoms with E-state index in [1.807, 2.05) is 0 Å². The van der Waals surface area contributed by atoms with E-state index >= 15 is 0 Å². The van der Waals surface area contributed by atoms with Crippen LogP contribution in [0.1, 0.15) is 38.2 Å². The van der Waals surface area contributed by atoms with E-state index in [1.54, 1.807) is 0 Å². The fourth-order valence-electron chi connectivity index (χ4n) is 2.67. The van der Waals surface area contributed by atoms with E-state index in [0.717, 1.165) is 19.1 Å². The molecule has 0 spiro atoms. The number of hydrogen-bond acceptors (Lipinski definition) is 2. The van der Waals surface area contributed by atoms with Crippen molar-refractivity contribution in [1.29, 1.82) is 0 Å². The van der Waals surface area contributed by atoms with Crippen LogP contribution in [0.2, 0.25) is 0 Å². The molecule has 1 unspecified atom stereocenters. The highest BCUT2D eigenvalue weighted by atomic mass is 79.9. The van der Waals surface area contributed by atoms with E-state index in [4.69, 9.17) is 0 Å². The second-order valence-electron chi connectivity index (χ2n) is 5.75. The molecule has 3 heteroatoms. The Morgan fingerprint density at radius 3 is 2.68 bits per heavy atom. The van der Waals surface area contributed by atoms with Crippen molar-refractivity contribution in [2.24, 2.45) is 0 Å². The molecule has 19 heavy (non-hydrogen) atoms. The summed E-state index contributed by atoms with van der Waals surface area (Å²) in [6.07, 6.45) is 5.53. The van der Waals surface area contributed by atoms with Crippen molar-refractivity contribution in [3.63, 3.8) is 0 Å². The largest absolute Gasteiger partial charge is 0.312 e. The van der Waals surface area contributed by atoms with E-state index in [-0.39, 0.29) is 0 Å². The average Bonchev–Trinajstić information content (AvgIpc) is 2.91. The Bertz CT molecular complexity index is 388. The predicted octanol–water partition coefficient (Wildman–Crippen LogP) is 3.80. The van der Waals surface area contributed by atoms with Crippen LogP contribution in [0.15, 0.2) is 28.7 Å². The molecule has 1 N–H and O–H groups in total. The van der Waals surface area contributed by atoms with Gasteiger partial charge in [-0.3, -0.25) is 4.90 Å². The van der Waals surface area contributed by atoms with Gasteiger partial charge in [0.2, 0.25) is 0 Å². The van der Waals surface area contributed by atoms with Crippen molar-refractivity contribution < 1.29 is 0 Å². The summed E-state index contributed by atoms with van der Waals surface area (Å²) in [5.41, 5.74) is 1.36. The summed E-state index contributed by atoms with van der Waals surface area (Å²) >= 11 is 3.62. The zero-order chi connectivity index (χ0) is 13.7. The summed E-state index contributed by atoms with van der Waals surface area (Å²) < 4.78 is 1.21. The van der Waals surface area contributed by atoms with Gasteiger partial charge < -0.3 is 5.32 Å². The van der Waals surface area contributed by atoms with Crippen LogP contribution in [-0.2, 0) is 6.54 Å². The first-order valence-electron chi connectivity index (χ1n) is 7.34. The van der Waals surface area contributed by atoms with Gasteiger partial charge in [-0.2, -0.15) is 0 Å². The summed E-state index contributed by atoms with van der Waals surface area (Å²) in [6.45, 7) is 4.39. The molecule has 2 nitrogen and oxygen atoms in total. The minimum absolute atomic E-state index is 0.563. The topological polar surface area (TPSA) is 15.3 Å². The summed E-state index contributed by atoms with van der Waals surface area (Å²) in [5.74, 6) is 0. The van der Waals surface area contributed by atoms with Crippen LogP contribution >= 0.6 is 15.9 Å². The number of nitrogens with one attached hydrogen (secondary N) is 1. The van der Waals surface area contributed by atoms with Crippen molar-refractivity contribution in [3.8, 4) is 0 Å². The van der Waals surface area contributed by atoms with Gasteiger partial charge in [0, 0.05) is 29.6 Å². The molecule has 0 aliphatic heterocycles. The van der Waals surface area contributed by atoms with E-state index in [0.29, 0.717) is 6.04 Å². The molecule has 0 aromatic heterocycles. The molecule has 1 aromatic carbocycles. The molecule has 1 saturated carbocycles. The van der Waals surface area contributed by atoms with Gasteiger partial charge in [0.25, 0.3) is 0 Å². The third kappa shape index (κ3) is 4.59. The average molecular weight is 325 g/mol. The lowest BCUT2D eigenvalue weighted by atomic mass is 10.2. The second kappa shape index (κ2) is 7.41. The zero-order valence-electron chi connectivity index (χ0n) is 12.0. The first-order valence-corrected chi connectivity index (χ1v) is 8.13. The quantitative estimate of drug-likeness (QED) is 0.856. The monoisotopic (exact) mass is 324 g/mol. The molecule has 2 rings (SSSR count). The fraction of sp³-hybridized carbons (Fsp3) is 0.625. The van der Waals surface area contributed by atoms with Crippen LogP contribution in [0.4, 0.5) is 0 Å². The highest BCUT2D eigenvalue weighted by molar-refractivity contribution is 9.10. The van der Waals surface area contributed by atoms with Gasteiger partial charge in [0.1, 0.15) is 0 Å². The molecule has 0 bridgehead atoms. The highest BCUT2D eigenvalue weighted by Crippen LogP contribution is 2.19. The summed E-state index contributed by atoms with van der Waals surface area (Å²) in [7, 11) is 2.21. The van der Waals surface area contributed by atoms with Gasteiger partial charge >= 0.3 is 0 Å². The molecule has 106 valence electrons. The maximum Gasteiger partial charge on any atom is 0.0245 e. The molecular formula is C16H25BrN2. The summed E-state index contributed by atoms with van der Waals surface area (Å²) in [5, 5.41) is 3.71. The number of benzene rings is 1. The first kappa shape index (κ1) is 15.0. The third-order valence-corrected chi connectivity index (χ3v) is 4.96. The van der Waals surface area contributed by atoms with Crippen molar-refractivity contribution >= 4 is 15.9 Å². The minimum Gasteiger partial charge on any atom is -0.312 e. The van der Waals surface area contributed by atoms with E-state index in [9.17, 15) is 0 Å². The van der Waals surface area contributed by atoms with Gasteiger partial charge in [-0.1, -0.05) is 47.0 Å². The van der Waals surface area contributed by atoms with Crippen LogP contribution < -0.4 is 5.32 Å². The molecular weight excluding hydrogens is 300 g/mol. The van der Waals surface area contributed by atoms with E-state index < -0.39 is 0 Å². The second-order valence-corrected chi connectivity index (χ2v) is 6.60. The number of hydrogen-bond donors (Lipinski definition) is 1. The molecule has 0 radical (unpaired) electrons. The predicted molar refractivity (Wildman–Crippen MR) is 85.3 cm³/mol. The zero-order valence-corrected chi connectivity index (χ0v) is 13.6. The van der Waals surface area contributed by atoms with Crippen LogP contribution in [-0.4, -0.2) is 30.6 Å². The Balaban J connectivity index is 1.78. The van der Waals surface area contributed by atoms with Crippen LogP contribution in [0.25, 0.3) is 0 Å². The van der Waals surface area contributed by atoms with Crippen LogP contribution in [0.5, 0.6) is 0 Å². The first-order chi connectivity index (χ1) is 9.16. The SMILES string of the molecule is CC(CNC1CCCC1)N(C)Cc1ccccc1Br. The van der Waals surface area contributed by atoms with Crippen molar-refractivity contribution in [1.82, 2.24) is 10.2 Å². The van der Waals surface area contributed by atoms with Crippen molar-refractivity contribution in [3.05, 3.63) is 34.3 Å². The fourth-order valence-corrected chi connectivity index (χ4v) is 3.08. The number of halogens is 1. The standard InChI is InChI=1S/C16H25BrN2/c1-13(11-18-15-8-4-5-9-15)19(2)12-14-7-3-6-10-16(14)17/h3,6-7,10,13,15,18H,4-5,8-9,11-12H2,1-2H3. The van der Waals surface area contributed by atoms with Crippen molar-refractivity contribution in [2.45, 2.75) is 51.2 Å². The van der Waals surface area contributed by atoms with E-state index in [1.165, 1.54) is 35.7 Å². The smallest absolute Gasteiger partial charge is 0.0245 e. The maximum atomic E-state index is 3.71. The molecule has 1 aliphatic carbocycles. The van der Waals surface area contributed by atoms with Gasteiger partial charge in [0.05, 0.1) is 0 Å². The minimum atomic E-state index is 0.563. The highest BCUT2D eigenvalue weighted by Gasteiger charge is 2.16. The Labute approximate surface area is 125 Å². The normalized spacial score (nSPS) is 18.1. The number of likely N-dealkylation sites (N-methyl/N-ethyl adjacent to an activating group) is 1. The Morgan fingerprint density at radius 1 is 1.32 bits per heavy atom. The van der Waals surface area contributed by atoms with E-state index in [2.05, 4.69) is 64.4 Å². The Morgan fingerprint density at radius 2 is 2.00 bits per heavy atom. The molecule has 1 aliphatic rings. The molecule has 1 atom stereocenters. The molecule has 1 fully saturated rings. The number of nitrogens with zero attached hydrogens (tertiary/aromatic N) is 1.